The second kappa shape index (κ2) is 7.73. The molecular formula is C19H21F2NO2. The number of aliphatic hydroxyl groups excluding tert-OH is 1. The van der Waals surface area contributed by atoms with Gasteiger partial charge in [0, 0.05) is 25.7 Å². The van der Waals surface area contributed by atoms with Gasteiger partial charge >= 0.3 is 0 Å². The topological polar surface area (TPSA) is 32.7 Å². The van der Waals surface area contributed by atoms with Crippen LogP contribution in [0.3, 0.4) is 0 Å². The molecule has 5 heteroatoms. The Balaban J connectivity index is 1.49. The molecule has 1 saturated heterocycles. The average Bonchev–Trinajstić information content (AvgIpc) is 2.60. The number of hydrogen-bond donors (Lipinski definition) is 1. The largest absolute Gasteiger partial charge is 0.487 e. The molecule has 128 valence electrons. The minimum Gasteiger partial charge on any atom is -0.487 e. The van der Waals surface area contributed by atoms with Gasteiger partial charge in [0.1, 0.15) is 11.9 Å². The van der Waals surface area contributed by atoms with Crippen LogP contribution >= 0.6 is 0 Å². The number of nitrogens with zero attached hydrogens (tertiary/aromatic N) is 1. The molecule has 1 aliphatic heterocycles. The highest BCUT2D eigenvalue weighted by Gasteiger charge is 2.23. The van der Waals surface area contributed by atoms with Crippen LogP contribution in [0.4, 0.5) is 8.78 Å². The van der Waals surface area contributed by atoms with Crippen LogP contribution in [0.15, 0.2) is 48.5 Å². The molecule has 0 aliphatic carbocycles. The zero-order valence-electron chi connectivity index (χ0n) is 13.4. The van der Waals surface area contributed by atoms with Gasteiger partial charge in [-0.3, -0.25) is 0 Å². The van der Waals surface area contributed by atoms with E-state index in [1.807, 2.05) is 30.3 Å². The highest BCUT2D eigenvalue weighted by molar-refractivity contribution is 5.25. The first-order valence-electron chi connectivity index (χ1n) is 8.19. The molecule has 24 heavy (non-hydrogen) atoms. The molecule has 1 aliphatic rings. The van der Waals surface area contributed by atoms with E-state index < -0.39 is 17.7 Å². The van der Waals surface area contributed by atoms with Gasteiger partial charge < -0.3 is 14.7 Å². The molecule has 0 spiro atoms. The fourth-order valence-electron chi connectivity index (χ4n) is 2.99. The van der Waals surface area contributed by atoms with Crippen LogP contribution in [0.1, 0.15) is 24.5 Å². The molecule has 2 aromatic carbocycles. The Morgan fingerprint density at radius 3 is 2.46 bits per heavy atom. The number of likely N-dealkylation sites (tertiary alicyclic amines) is 1. The van der Waals surface area contributed by atoms with Crippen LogP contribution in [0.5, 0.6) is 5.75 Å². The fraction of sp³-hybridized carbons (Fsp3) is 0.368. The van der Waals surface area contributed by atoms with Crippen molar-refractivity contribution in [2.75, 3.05) is 19.6 Å². The summed E-state index contributed by atoms with van der Waals surface area (Å²) in [5, 5.41) is 10.3. The van der Waals surface area contributed by atoms with Crippen molar-refractivity contribution in [1.82, 2.24) is 4.90 Å². The summed E-state index contributed by atoms with van der Waals surface area (Å²) in [7, 11) is 0. The van der Waals surface area contributed by atoms with Crippen molar-refractivity contribution in [3.8, 4) is 5.75 Å². The lowest BCUT2D eigenvalue weighted by Crippen LogP contribution is -2.40. The number of hydrogen-bond acceptors (Lipinski definition) is 3. The summed E-state index contributed by atoms with van der Waals surface area (Å²) >= 11 is 0. The quantitative estimate of drug-likeness (QED) is 0.908. The van der Waals surface area contributed by atoms with Gasteiger partial charge in [0.25, 0.3) is 0 Å². The van der Waals surface area contributed by atoms with Crippen LogP contribution in [0, 0.1) is 11.6 Å². The van der Waals surface area contributed by atoms with Gasteiger partial charge in [-0.1, -0.05) is 30.3 Å². The SMILES string of the molecule is OC(CN1CCC(Oc2ccc(F)cc2F)CC1)c1ccccc1. The van der Waals surface area contributed by atoms with E-state index in [-0.39, 0.29) is 11.9 Å². The van der Waals surface area contributed by atoms with Gasteiger partial charge in [0.2, 0.25) is 0 Å². The van der Waals surface area contributed by atoms with Crippen molar-refractivity contribution in [1.29, 1.82) is 0 Å². The molecule has 1 fully saturated rings. The standard InChI is InChI=1S/C19H21F2NO2/c20-15-6-7-19(17(21)12-15)24-16-8-10-22(11-9-16)13-18(23)14-4-2-1-3-5-14/h1-7,12,16,18,23H,8-11,13H2. The van der Waals surface area contributed by atoms with E-state index in [0.717, 1.165) is 37.6 Å². The second-order valence-electron chi connectivity index (χ2n) is 6.12. The van der Waals surface area contributed by atoms with E-state index in [4.69, 9.17) is 4.74 Å². The van der Waals surface area contributed by atoms with Crippen molar-refractivity contribution in [2.45, 2.75) is 25.0 Å². The smallest absolute Gasteiger partial charge is 0.167 e. The maximum atomic E-state index is 13.6. The maximum absolute atomic E-state index is 13.6. The Morgan fingerprint density at radius 1 is 1.08 bits per heavy atom. The molecule has 1 unspecified atom stereocenters. The van der Waals surface area contributed by atoms with Crippen LogP contribution < -0.4 is 4.74 Å². The van der Waals surface area contributed by atoms with E-state index in [9.17, 15) is 13.9 Å². The Labute approximate surface area is 140 Å². The third-order valence-corrected chi connectivity index (χ3v) is 4.34. The molecule has 0 saturated carbocycles. The van der Waals surface area contributed by atoms with Crippen molar-refractivity contribution in [3.05, 3.63) is 65.7 Å². The van der Waals surface area contributed by atoms with Crippen molar-refractivity contribution in [2.24, 2.45) is 0 Å². The lowest BCUT2D eigenvalue weighted by Gasteiger charge is -2.33. The first kappa shape index (κ1) is 16.9. The zero-order valence-corrected chi connectivity index (χ0v) is 13.4. The molecule has 1 atom stereocenters. The van der Waals surface area contributed by atoms with Crippen molar-refractivity contribution >= 4 is 0 Å². The molecule has 0 aromatic heterocycles. The number of halogens is 2. The first-order chi connectivity index (χ1) is 11.6. The number of rotatable bonds is 5. The summed E-state index contributed by atoms with van der Waals surface area (Å²) in [6, 6.07) is 12.9. The number of piperidine rings is 1. The van der Waals surface area contributed by atoms with E-state index in [1.165, 1.54) is 12.1 Å². The number of aliphatic hydroxyl groups is 1. The zero-order chi connectivity index (χ0) is 16.9. The predicted molar refractivity (Wildman–Crippen MR) is 87.8 cm³/mol. The fourth-order valence-corrected chi connectivity index (χ4v) is 2.99. The summed E-state index contributed by atoms with van der Waals surface area (Å²) in [6.45, 7) is 2.12. The van der Waals surface area contributed by atoms with Gasteiger partial charge in [0.05, 0.1) is 6.10 Å². The van der Waals surface area contributed by atoms with Crippen LogP contribution in [0.25, 0.3) is 0 Å². The van der Waals surface area contributed by atoms with Gasteiger partial charge in [0.15, 0.2) is 11.6 Å². The summed E-state index contributed by atoms with van der Waals surface area (Å²) in [6.07, 6.45) is 0.893. The highest BCUT2D eigenvalue weighted by atomic mass is 19.1. The maximum Gasteiger partial charge on any atom is 0.167 e. The van der Waals surface area contributed by atoms with Crippen LogP contribution in [-0.4, -0.2) is 35.7 Å². The predicted octanol–water partition coefficient (Wildman–Crippen LogP) is 3.54. The van der Waals surface area contributed by atoms with E-state index in [1.54, 1.807) is 0 Å². The minimum absolute atomic E-state index is 0.0879. The monoisotopic (exact) mass is 333 g/mol. The summed E-state index contributed by atoms with van der Waals surface area (Å²) in [4.78, 5) is 2.18. The Morgan fingerprint density at radius 2 is 1.79 bits per heavy atom. The van der Waals surface area contributed by atoms with E-state index in [0.29, 0.717) is 6.54 Å². The van der Waals surface area contributed by atoms with Gasteiger partial charge in [-0.2, -0.15) is 0 Å². The second-order valence-corrected chi connectivity index (χ2v) is 6.12. The first-order valence-corrected chi connectivity index (χ1v) is 8.19. The van der Waals surface area contributed by atoms with Crippen molar-refractivity contribution in [3.63, 3.8) is 0 Å². The summed E-state index contributed by atoms with van der Waals surface area (Å²) < 4.78 is 32.2. The molecular weight excluding hydrogens is 312 g/mol. The third kappa shape index (κ3) is 4.30. The highest BCUT2D eigenvalue weighted by Crippen LogP contribution is 2.24. The Hall–Kier alpha value is -1.98. The summed E-state index contributed by atoms with van der Waals surface area (Å²) in [5.74, 6) is -1.18. The summed E-state index contributed by atoms with van der Waals surface area (Å²) in [5.41, 5.74) is 0.907. The van der Waals surface area contributed by atoms with Crippen LogP contribution in [-0.2, 0) is 0 Å². The van der Waals surface area contributed by atoms with E-state index >= 15 is 0 Å². The molecule has 1 heterocycles. The molecule has 0 bridgehead atoms. The number of ether oxygens (including phenoxy) is 1. The minimum atomic E-state index is -0.670. The molecule has 3 rings (SSSR count). The lowest BCUT2D eigenvalue weighted by molar-refractivity contribution is 0.0595. The molecule has 3 nitrogen and oxygen atoms in total. The number of benzene rings is 2. The van der Waals surface area contributed by atoms with E-state index in [2.05, 4.69) is 4.90 Å². The van der Waals surface area contributed by atoms with Gasteiger partial charge in [-0.05, 0) is 30.5 Å². The van der Waals surface area contributed by atoms with Gasteiger partial charge in [-0.15, -0.1) is 0 Å². The average molecular weight is 333 g/mol. The Bertz CT molecular complexity index is 658. The molecule has 0 radical (unpaired) electrons. The molecule has 1 N–H and O–H groups in total. The Kier molecular flexibility index (Phi) is 5.43. The normalized spacial score (nSPS) is 17.6. The van der Waals surface area contributed by atoms with Crippen LogP contribution in [0.2, 0.25) is 0 Å². The van der Waals surface area contributed by atoms with Gasteiger partial charge in [-0.25, -0.2) is 8.78 Å². The lowest BCUT2D eigenvalue weighted by atomic mass is 10.0. The number of β-amino-alcohol motifs (C(OH)–C–C–N with tert-alkyl or cyclic N) is 1. The molecule has 2 aromatic rings. The van der Waals surface area contributed by atoms with Crippen molar-refractivity contribution < 1.29 is 18.6 Å². The third-order valence-electron chi connectivity index (χ3n) is 4.34. The molecule has 0 amide bonds.